The number of carbonyl (C=O) groups excluding carboxylic acids is 1. The zero-order chi connectivity index (χ0) is 30.1. The summed E-state index contributed by atoms with van der Waals surface area (Å²) in [4.78, 5) is 21.8. The second kappa shape index (κ2) is 13.7. The lowest BCUT2D eigenvalue weighted by Gasteiger charge is -2.31. The van der Waals surface area contributed by atoms with Crippen LogP contribution in [0.25, 0.3) is 21.6 Å². The Morgan fingerprint density at radius 3 is 2.28 bits per heavy atom. The highest BCUT2D eigenvalue weighted by atomic mass is 16.5. The van der Waals surface area contributed by atoms with Crippen molar-refractivity contribution in [3.63, 3.8) is 0 Å². The van der Waals surface area contributed by atoms with Crippen LogP contribution >= 0.6 is 0 Å². The standard InChI is InChI=1S/C34H33N5O4/c1-36-33(41)34(22-28-10-5-6-11-29(28)23-37-39-35)31(26-14-12-25(13-15-26)24-8-3-2-4-9-24)43-32(38-34)27-16-18-30(19-17-27)42-21-7-20-40/h2-6,8-19,31,40H,7,20-23H2,1H3,(H,36,41)/t31-,34-/m1/s1. The average Bonchev–Trinajstić information content (AvgIpc) is 3.45. The average molecular weight is 576 g/mol. The quantitative estimate of drug-likeness (QED) is 0.0906. The molecule has 218 valence electrons. The van der Waals surface area contributed by atoms with Gasteiger partial charge in [0, 0.05) is 37.0 Å². The van der Waals surface area contributed by atoms with Crippen molar-refractivity contribution in [1.29, 1.82) is 0 Å². The van der Waals surface area contributed by atoms with Gasteiger partial charge in [-0.25, -0.2) is 4.99 Å². The fourth-order valence-corrected chi connectivity index (χ4v) is 5.26. The summed E-state index contributed by atoms with van der Waals surface area (Å²) in [5.41, 5.74) is 12.9. The number of likely N-dealkylation sites (N-methyl/N-ethyl adjacent to an activating group) is 1. The Bertz CT molecular complexity index is 1620. The Balaban J connectivity index is 1.57. The lowest BCUT2D eigenvalue weighted by Crippen LogP contribution is -2.49. The van der Waals surface area contributed by atoms with Crippen LogP contribution in [0.5, 0.6) is 5.75 Å². The number of azide groups is 1. The van der Waals surface area contributed by atoms with Gasteiger partial charge in [0.25, 0.3) is 5.91 Å². The molecule has 0 saturated heterocycles. The summed E-state index contributed by atoms with van der Waals surface area (Å²) in [5.74, 6) is 0.714. The molecule has 9 nitrogen and oxygen atoms in total. The minimum atomic E-state index is -1.35. The third-order valence-corrected chi connectivity index (χ3v) is 7.46. The van der Waals surface area contributed by atoms with E-state index in [9.17, 15) is 4.79 Å². The Kier molecular flexibility index (Phi) is 9.36. The second-order valence-electron chi connectivity index (χ2n) is 10.2. The van der Waals surface area contributed by atoms with E-state index in [2.05, 4.69) is 27.5 Å². The van der Waals surface area contributed by atoms with Gasteiger partial charge in [-0.15, -0.1) is 0 Å². The number of benzene rings is 4. The van der Waals surface area contributed by atoms with Crippen molar-refractivity contribution >= 4 is 11.8 Å². The summed E-state index contributed by atoms with van der Waals surface area (Å²) in [6.07, 6.45) is 0.0269. The lowest BCUT2D eigenvalue weighted by atomic mass is 9.80. The number of hydrogen-bond donors (Lipinski definition) is 2. The molecule has 0 saturated carbocycles. The first-order chi connectivity index (χ1) is 21.1. The van der Waals surface area contributed by atoms with Crippen molar-refractivity contribution < 1.29 is 19.4 Å². The van der Waals surface area contributed by atoms with Crippen LogP contribution in [0.3, 0.4) is 0 Å². The Morgan fingerprint density at radius 2 is 1.60 bits per heavy atom. The monoisotopic (exact) mass is 575 g/mol. The first-order valence-corrected chi connectivity index (χ1v) is 14.1. The third kappa shape index (κ3) is 6.54. The van der Waals surface area contributed by atoms with Crippen LogP contribution < -0.4 is 10.1 Å². The Labute approximate surface area is 250 Å². The molecular weight excluding hydrogens is 542 g/mol. The van der Waals surface area contributed by atoms with Crippen LogP contribution in [0.15, 0.2) is 113 Å². The highest BCUT2D eigenvalue weighted by Gasteiger charge is 2.53. The van der Waals surface area contributed by atoms with Crippen LogP contribution in [0.4, 0.5) is 0 Å². The van der Waals surface area contributed by atoms with Gasteiger partial charge in [-0.1, -0.05) is 84.0 Å². The zero-order valence-corrected chi connectivity index (χ0v) is 23.9. The molecule has 4 aromatic rings. The fraction of sp³-hybridized carbons (Fsp3) is 0.235. The van der Waals surface area contributed by atoms with E-state index < -0.39 is 11.6 Å². The summed E-state index contributed by atoms with van der Waals surface area (Å²) in [6, 6.07) is 33.0. The highest BCUT2D eigenvalue weighted by Crippen LogP contribution is 2.43. The topological polar surface area (TPSA) is 129 Å². The number of nitrogens with one attached hydrogen (secondary N) is 1. The number of hydrogen-bond acceptors (Lipinski definition) is 6. The summed E-state index contributed by atoms with van der Waals surface area (Å²) in [7, 11) is 1.59. The van der Waals surface area contributed by atoms with Crippen molar-refractivity contribution in [2.24, 2.45) is 10.1 Å². The number of carbonyl (C=O) groups is 1. The van der Waals surface area contributed by atoms with Gasteiger partial charge >= 0.3 is 0 Å². The first kappa shape index (κ1) is 29.4. The van der Waals surface area contributed by atoms with Crippen LogP contribution in [0, 0.1) is 0 Å². The molecule has 0 aromatic heterocycles. The first-order valence-electron chi connectivity index (χ1n) is 14.1. The molecule has 2 N–H and O–H groups in total. The maximum absolute atomic E-state index is 13.9. The molecule has 1 aliphatic rings. The van der Waals surface area contributed by atoms with Crippen LogP contribution in [-0.4, -0.2) is 42.7 Å². The van der Waals surface area contributed by atoms with Gasteiger partial charge in [0.15, 0.2) is 11.6 Å². The van der Waals surface area contributed by atoms with Crippen molar-refractivity contribution in [3.8, 4) is 16.9 Å². The molecule has 4 aromatic carbocycles. The van der Waals surface area contributed by atoms with Gasteiger partial charge in [0.2, 0.25) is 5.90 Å². The second-order valence-corrected chi connectivity index (χ2v) is 10.2. The summed E-state index contributed by atoms with van der Waals surface area (Å²) in [5, 5.41) is 15.6. The predicted octanol–water partition coefficient (Wildman–Crippen LogP) is 6.17. The largest absolute Gasteiger partial charge is 0.494 e. The number of amides is 1. The number of aliphatic hydroxyl groups excluding tert-OH is 1. The van der Waals surface area contributed by atoms with Gasteiger partial charge in [-0.3, -0.25) is 4.79 Å². The van der Waals surface area contributed by atoms with E-state index in [1.54, 1.807) is 7.05 Å². The minimum Gasteiger partial charge on any atom is -0.494 e. The number of aliphatic imine (C=N–C) groups is 1. The molecule has 0 radical (unpaired) electrons. The summed E-state index contributed by atoms with van der Waals surface area (Å²) >= 11 is 0. The molecular formula is C34H33N5O4. The lowest BCUT2D eigenvalue weighted by molar-refractivity contribution is -0.128. The molecule has 1 amide bonds. The normalized spacial score (nSPS) is 17.3. The maximum atomic E-state index is 13.9. The zero-order valence-electron chi connectivity index (χ0n) is 23.9. The molecule has 0 fully saturated rings. The van der Waals surface area contributed by atoms with Crippen molar-refractivity contribution in [2.45, 2.75) is 31.0 Å². The molecule has 1 aliphatic heterocycles. The molecule has 0 aliphatic carbocycles. The minimum absolute atomic E-state index is 0.0595. The molecule has 5 rings (SSSR count). The Hall–Kier alpha value is -5.11. The van der Waals surface area contributed by atoms with Gasteiger partial charge < -0.3 is 19.9 Å². The number of nitrogens with zero attached hydrogens (tertiary/aromatic N) is 4. The van der Waals surface area contributed by atoms with Crippen molar-refractivity contribution in [3.05, 3.63) is 136 Å². The SMILES string of the molecule is CNC(=O)[C@]1(Cc2ccccc2CN=[N+]=[N-])N=C(c2ccc(OCCCO)cc2)O[C@@H]1c1ccc(-c2ccccc2)cc1. The van der Waals surface area contributed by atoms with E-state index in [0.29, 0.717) is 30.2 Å². The summed E-state index contributed by atoms with van der Waals surface area (Å²) in [6.45, 7) is 0.621. The number of ether oxygens (including phenoxy) is 2. The van der Waals surface area contributed by atoms with Gasteiger partial charge in [0.1, 0.15) is 5.75 Å². The van der Waals surface area contributed by atoms with Crippen LogP contribution in [-0.2, 0) is 22.5 Å². The molecule has 1 heterocycles. The van der Waals surface area contributed by atoms with E-state index in [-0.39, 0.29) is 25.5 Å². The van der Waals surface area contributed by atoms with Gasteiger partial charge in [0.05, 0.1) is 13.2 Å². The summed E-state index contributed by atoms with van der Waals surface area (Å²) < 4.78 is 12.3. The van der Waals surface area contributed by atoms with Crippen molar-refractivity contribution in [2.75, 3.05) is 20.3 Å². The van der Waals surface area contributed by atoms with Crippen LogP contribution in [0.1, 0.15) is 34.8 Å². The number of aliphatic hydroxyl groups is 1. The molecule has 0 spiro atoms. The smallest absolute Gasteiger partial charge is 0.252 e. The number of rotatable bonds is 12. The van der Waals surface area contributed by atoms with Gasteiger partial charge in [-0.05, 0) is 57.6 Å². The highest BCUT2D eigenvalue weighted by molar-refractivity contribution is 6.01. The van der Waals surface area contributed by atoms with Gasteiger partial charge in [-0.2, -0.15) is 0 Å². The molecule has 2 atom stereocenters. The van der Waals surface area contributed by atoms with E-state index in [1.165, 1.54) is 0 Å². The van der Waals surface area contributed by atoms with E-state index >= 15 is 0 Å². The van der Waals surface area contributed by atoms with E-state index in [1.807, 2.05) is 91.0 Å². The molecule has 0 unspecified atom stereocenters. The third-order valence-electron chi connectivity index (χ3n) is 7.46. The Morgan fingerprint density at radius 1 is 0.953 bits per heavy atom. The predicted molar refractivity (Wildman–Crippen MR) is 166 cm³/mol. The fourth-order valence-electron chi connectivity index (χ4n) is 5.26. The van der Waals surface area contributed by atoms with E-state index in [0.717, 1.165) is 27.8 Å². The van der Waals surface area contributed by atoms with Crippen LogP contribution in [0.2, 0.25) is 0 Å². The maximum Gasteiger partial charge on any atom is 0.252 e. The van der Waals surface area contributed by atoms with Crippen molar-refractivity contribution in [1.82, 2.24) is 5.32 Å². The molecule has 0 bridgehead atoms. The molecule has 43 heavy (non-hydrogen) atoms. The van der Waals surface area contributed by atoms with E-state index in [4.69, 9.17) is 25.1 Å². The molecule has 9 heteroatoms.